The van der Waals surface area contributed by atoms with Crippen LogP contribution < -0.4 is 16.0 Å². The van der Waals surface area contributed by atoms with E-state index in [9.17, 15) is 33.9 Å². The van der Waals surface area contributed by atoms with Gasteiger partial charge < -0.3 is 25.8 Å². The molecule has 4 saturated carbocycles. The number of carbonyl (C=O) groups excluding carboxylic acids is 5. The summed E-state index contributed by atoms with van der Waals surface area (Å²) in [5.41, 5.74) is -0.556. The van der Waals surface area contributed by atoms with Crippen LogP contribution in [0.2, 0.25) is 10.0 Å². The molecular weight excluding hydrogens is 565 g/mol. The minimum absolute atomic E-state index is 0.00265. The van der Waals surface area contributed by atoms with E-state index in [1.165, 1.54) is 44.4 Å². The van der Waals surface area contributed by atoms with Crippen LogP contribution in [0.5, 0.6) is 0 Å². The monoisotopic (exact) mass is 595 g/mol. The van der Waals surface area contributed by atoms with Crippen molar-refractivity contribution in [3.63, 3.8) is 0 Å². The predicted molar refractivity (Wildman–Crippen MR) is 143 cm³/mol. The third-order valence-corrected chi connectivity index (χ3v) is 8.59. The number of carboxylic acid groups (broad SMARTS) is 1. The van der Waals surface area contributed by atoms with Gasteiger partial charge in [0.1, 0.15) is 12.1 Å². The average Bonchev–Trinajstić information content (AvgIpc) is 2.85. The molecule has 0 spiro atoms. The molecule has 2 atom stereocenters. The third-order valence-electron chi connectivity index (χ3n) is 7.96. The second-order valence-corrected chi connectivity index (χ2v) is 12.0. The number of rotatable bonds is 10. The van der Waals surface area contributed by atoms with Crippen LogP contribution in [0.4, 0.5) is 0 Å². The molecule has 4 aliphatic carbocycles. The van der Waals surface area contributed by atoms with Gasteiger partial charge in [-0.2, -0.15) is 0 Å². The molecule has 4 aliphatic rings. The first-order valence-electron chi connectivity index (χ1n) is 13.1. The van der Waals surface area contributed by atoms with Crippen LogP contribution in [0.15, 0.2) is 18.2 Å². The van der Waals surface area contributed by atoms with Crippen molar-refractivity contribution in [1.29, 1.82) is 0 Å². The van der Waals surface area contributed by atoms with E-state index in [1.54, 1.807) is 0 Å². The number of ketones is 1. The summed E-state index contributed by atoms with van der Waals surface area (Å²) in [7, 11) is 0. The van der Waals surface area contributed by atoms with Gasteiger partial charge in [0.2, 0.25) is 5.91 Å². The van der Waals surface area contributed by atoms with E-state index < -0.39 is 60.6 Å². The fourth-order valence-electron chi connectivity index (χ4n) is 6.61. The maximum Gasteiger partial charge on any atom is 0.341 e. The molecule has 5 rings (SSSR count). The summed E-state index contributed by atoms with van der Waals surface area (Å²) in [5, 5.41) is 16.7. The number of amides is 3. The van der Waals surface area contributed by atoms with Gasteiger partial charge in [-0.05, 0) is 75.3 Å². The van der Waals surface area contributed by atoms with Gasteiger partial charge in [0.25, 0.3) is 0 Å². The molecule has 0 unspecified atom stereocenters. The maximum absolute atomic E-state index is 12.7. The Hall–Kier alpha value is -3.18. The number of ether oxygens (including phenoxy) is 1. The van der Waals surface area contributed by atoms with Crippen molar-refractivity contribution < 1.29 is 38.6 Å². The van der Waals surface area contributed by atoms with Crippen molar-refractivity contribution in [2.75, 3.05) is 6.61 Å². The Morgan fingerprint density at radius 3 is 2.02 bits per heavy atom. The fourth-order valence-corrected chi connectivity index (χ4v) is 7.16. The molecule has 0 saturated heterocycles. The van der Waals surface area contributed by atoms with Gasteiger partial charge in [0, 0.05) is 5.54 Å². The first kappa shape index (κ1) is 29.8. The van der Waals surface area contributed by atoms with Crippen LogP contribution >= 0.6 is 23.2 Å². The summed E-state index contributed by atoms with van der Waals surface area (Å²) in [5.74, 6) is -4.35. The fraction of sp³-hybridized carbons (Fsp3) is 0.556. The van der Waals surface area contributed by atoms with E-state index in [0.717, 1.165) is 19.3 Å². The Balaban J connectivity index is 1.30. The number of Topliss-reactive ketones (excluding diaryl/α,β-unsaturated/α-hetero) is 1. The third kappa shape index (κ3) is 6.93. The summed E-state index contributed by atoms with van der Waals surface area (Å²) in [6, 6.07) is 1.48. The number of hydrogen-bond acceptors (Lipinski definition) is 7. The van der Waals surface area contributed by atoms with Crippen LogP contribution in [0, 0.1) is 17.8 Å². The number of esters is 1. The molecule has 1 aromatic carbocycles. The molecule has 4 bridgehead atoms. The van der Waals surface area contributed by atoms with Crippen molar-refractivity contribution in [3.05, 3.63) is 33.8 Å². The molecule has 0 aliphatic heterocycles. The Morgan fingerprint density at radius 2 is 1.50 bits per heavy atom. The molecule has 11 nitrogen and oxygen atoms in total. The van der Waals surface area contributed by atoms with Crippen LogP contribution in [-0.4, -0.2) is 64.8 Å². The highest BCUT2D eigenvalue weighted by Gasteiger charge is 2.52. The van der Waals surface area contributed by atoms with E-state index >= 15 is 0 Å². The van der Waals surface area contributed by atoms with Crippen molar-refractivity contribution in [3.8, 4) is 0 Å². The van der Waals surface area contributed by atoms with E-state index in [1.807, 2.05) is 0 Å². The van der Waals surface area contributed by atoms with Gasteiger partial charge in [-0.25, -0.2) is 4.79 Å². The highest BCUT2D eigenvalue weighted by molar-refractivity contribution is 6.39. The summed E-state index contributed by atoms with van der Waals surface area (Å²) in [6.07, 6.45) is 5.24. The van der Waals surface area contributed by atoms with Gasteiger partial charge in [0.15, 0.2) is 12.4 Å². The highest BCUT2D eigenvalue weighted by Crippen LogP contribution is 2.55. The van der Waals surface area contributed by atoms with Gasteiger partial charge in [0.05, 0.1) is 22.0 Å². The largest absolute Gasteiger partial charge is 0.481 e. The second-order valence-electron chi connectivity index (χ2n) is 11.1. The summed E-state index contributed by atoms with van der Waals surface area (Å²) in [4.78, 5) is 74.4. The van der Waals surface area contributed by atoms with Gasteiger partial charge in [-0.1, -0.05) is 29.3 Å². The van der Waals surface area contributed by atoms with E-state index in [2.05, 4.69) is 16.0 Å². The average molecular weight is 596 g/mol. The quantitative estimate of drug-likeness (QED) is 0.236. The lowest BCUT2D eigenvalue weighted by molar-refractivity contribution is -0.144. The zero-order chi connectivity index (χ0) is 29.2. The lowest BCUT2D eigenvalue weighted by atomic mass is 9.53. The summed E-state index contributed by atoms with van der Waals surface area (Å²) >= 11 is 11.9. The van der Waals surface area contributed by atoms with Gasteiger partial charge in [-0.3, -0.25) is 24.0 Å². The zero-order valence-electron chi connectivity index (χ0n) is 21.8. The zero-order valence-corrected chi connectivity index (χ0v) is 23.3. The topological polar surface area (TPSA) is 168 Å². The number of hydrogen-bond donors (Lipinski definition) is 4. The molecule has 3 amide bonds. The van der Waals surface area contributed by atoms with E-state index in [-0.39, 0.29) is 21.1 Å². The normalized spacial score (nSPS) is 25.8. The van der Waals surface area contributed by atoms with Crippen molar-refractivity contribution in [1.82, 2.24) is 16.0 Å². The molecule has 0 radical (unpaired) electrons. The number of halogens is 2. The lowest BCUT2D eigenvalue weighted by Gasteiger charge is -2.56. The molecule has 4 N–H and O–H groups in total. The Kier molecular flexibility index (Phi) is 9.04. The number of nitrogens with one attached hydrogen (secondary N) is 3. The summed E-state index contributed by atoms with van der Waals surface area (Å²) < 4.78 is 4.94. The number of aliphatic carboxylic acids is 1. The van der Waals surface area contributed by atoms with E-state index in [0.29, 0.717) is 17.8 Å². The number of carboxylic acids is 1. The lowest BCUT2D eigenvalue weighted by Crippen LogP contribution is -2.62. The SMILES string of the molecule is C[C@H](NC(=O)C(=O)NC12CC3CC(CC(C3)C1)C2)C(=O)N[C@@H](CC(=O)O)C(=O)COC(=O)c1c(Cl)cccc1Cl. The first-order valence-corrected chi connectivity index (χ1v) is 13.9. The molecule has 1 aromatic rings. The van der Waals surface area contributed by atoms with E-state index in [4.69, 9.17) is 27.9 Å². The van der Waals surface area contributed by atoms with Crippen molar-refractivity contribution in [2.24, 2.45) is 17.8 Å². The van der Waals surface area contributed by atoms with Crippen LogP contribution in [0.3, 0.4) is 0 Å². The minimum atomic E-state index is -1.57. The smallest absolute Gasteiger partial charge is 0.341 e. The number of carbonyl (C=O) groups is 6. The molecule has 0 aromatic heterocycles. The Labute approximate surface area is 240 Å². The predicted octanol–water partition coefficient (Wildman–Crippen LogP) is 2.27. The minimum Gasteiger partial charge on any atom is -0.481 e. The maximum atomic E-state index is 12.7. The highest BCUT2D eigenvalue weighted by atomic mass is 35.5. The molecule has 216 valence electrons. The van der Waals surface area contributed by atoms with Gasteiger partial charge in [-0.15, -0.1) is 0 Å². The molecule has 4 fully saturated rings. The molecular formula is C27H31Cl2N3O8. The standard InChI is InChI=1S/C27H31Cl2N3O8/c1-13(30-24(37)25(38)32-27-9-14-5-15(10-27)7-16(6-14)11-27)23(36)31-19(8-21(34)35)20(33)12-40-26(39)22-17(28)3-2-4-18(22)29/h2-4,13-16,19H,5-12H2,1H3,(H,30,37)(H,31,36)(H,32,38)(H,34,35)/t13-,14?,15?,16?,19-,27?/m0/s1. The van der Waals surface area contributed by atoms with Crippen molar-refractivity contribution >= 4 is 58.6 Å². The number of benzene rings is 1. The van der Waals surface area contributed by atoms with Crippen molar-refractivity contribution in [2.45, 2.75) is 69.5 Å². The summed E-state index contributed by atoms with van der Waals surface area (Å²) in [6.45, 7) is 0.430. The van der Waals surface area contributed by atoms with Crippen LogP contribution in [0.25, 0.3) is 0 Å². The van der Waals surface area contributed by atoms with Crippen LogP contribution in [-0.2, 0) is 28.7 Å². The van der Waals surface area contributed by atoms with Crippen LogP contribution in [0.1, 0.15) is 62.2 Å². The molecule has 0 heterocycles. The Morgan fingerprint density at radius 1 is 0.950 bits per heavy atom. The molecule has 13 heteroatoms. The Bertz CT molecular complexity index is 1180. The molecule has 40 heavy (non-hydrogen) atoms. The first-order chi connectivity index (χ1) is 18.9. The van der Waals surface area contributed by atoms with Gasteiger partial charge >= 0.3 is 23.8 Å². The second kappa shape index (κ2) is 12.1.